The van der Waals surface area contributed by atoms with E-state index < -0.39 is 0 Å². The summed E-state index contributed by atoms with van der Waals surface area (Å²) in [4.78, 5) is 0. The van der Waals surface area contributed by atoms with Crippen molar-refractivity contribution in [2.45, 2.75) is 145 Å². The van der Waals surface area contributed by atoms with E-state index in [-0.39, 0.29) is 10.8 Å². The standard InChI is InChI=1S/C34H37N.C20H28.C10H15N/c1-8-11-22(9-2)23(10-3)16-21-12-14-25-27-19-32-28(20-31(27)33(4,5)29(25)17-21)26-15-13-24(35)18-30(26)34(32,6)7;1-6-17(7-2)18(8-3)13-11-16-12-14-19(9-4)20(10-5)15-16;1-3-8-5-6-10(11)7-9(8)4-2/h8,11-20H,1,9-10,35H2,2-7H3;6,11-15H,1,7-10H2,2-5H3;5-7H,3-4,11H2,1-2H3/b22-11-,23-16-;13-11-,18-17+;. The van der Waals surface area contributed by atoms with Gasteiger partial charge >= 0.3 is 0 Å². The zero-order valence-corrected chi connectivity index (χ0v) is 42.8. The minimum absolute atomic E-state index is 0.0544. The average Bonchev–Trinajstić information content (AvgIpc) is 3.68. The molecular weight excluding hydrogens is 797 g/mol. The molecule has 0 amide bonds. The molecule has 0 radical (unpaired) electrons. The smallest absolute Gasteiger partial charge is 0.0317 e. The molecular formula is C64H80N2. The third-order valence-corrected chi connectivity index (χ3v) is 14.2. The van der Waals surface area contributed by atoms with Crippen LogP contribution in [-0.4, -0.2) is 0 Å². The van der Waals surface area contributed by atoms with Crippen LogP contribution in [0.25, 0.3) is 34.4 Å². The minimum atomic E-state index is -0.0608. The third-order valence-electron chi connectivity index (χ3n) is 14.2. The van der Waals surface area contributed by atoms with Gasteiger partial charge in [0.2, 0.25) is 0 Å². The third kappa shape index (κ3) is 10.9. The number of aryl methyl sites for hydroxylation is 4. The maximum absolute atomic E-state index is 6.18. The second-order valence-electron chi connectivity index (χ2n) is 18.9. The van der Waals surface area contributed by atoms with E-state index >= 15 is 0 Å². The zero-order valence-electron chi connectivity index (χ0n) is 42.8. The molecule has 0 saturated carbocycles. The maximum Gasteiger partial charge on any atom is 0.0317 e. The molecule has 0 aliphatic heterocycles. The molecule has 346 valence electrons. The molecule has 66 heavy (non-hydrogen) atoms. The van der Waals surface area contributed by atoms with Gasteiger partial charge in [-0.2, -0.15) is 0 Å². The van der Waals surface area contributed by atoms with Crippen LogP contribution in [0.3, 0.4) is 0 Å². The number of anilines is 2. The fraction of sp³-hybridized carbons (Fsp3) is 0.344. The first kappa shape index (κ1) is 51.1. The lowest BCUT2D eigenvalue weighted by atomic mass is 9.79. The Morgan fingerprint density at radius 2 is 0.939 bits per heavy atom. The number of rotatable bonds is 14. The van der Waals surface area contributed by atoms with Crippen LogP contribution in [0, 0.1) is 0 Å². The summed E-state index contributed by atoms with van der Waals surface area (Å²) in [5, 5.41) is 0. The Balaban J connectivity index is 0.000000221. The van der Waals surface area contributed by atoms with Gasteiger partial charge in [-0.05, 0) is 188 Å². The van der Waals surface area contributed by atoms with Crippen molar-refractivity contribution >= 4 is 23.5 Å². The zero-order chi connectivity index (χ0) is 48.3. The largest absolute Gasteiger partial charge is 0.399 e. The van der Waals surface area contributed by atoms with Gasteiger partial charge in [-0.3, -0.25) is 0 Å². The number of benzene rings is 5. The molecule has 4 N–H and O–H groups in total. The van der Waals surface area contributed by atoms with E-state index in [9.17, 15) is 0 Å². The van der Waals surface area contributed by atoms with Crippen molar-refractivity contribution < 1.29 is 0 Å². The minimum Gasteiger partial charge on any atom is -0.399 e. The molecule has 2 heteroatoms. The van der Waals surface area contributed by atoms with Gasteiger partial charge in [-0.1, -0.05) is 181 Å². The highest BCUT2D eigenvalue weighted by molar-refractivity contribution is 5.90. The van der Waals surface area contributed by atoms with Crippen LogP contribution in [0.2, 0.25) is 0 Å². The Morgan fingerprint density at radius 3 is 1.45 bits per heavy atom. The molecule has 0 heterocycles. The van der Waals surface area contributed by atoms with Crippen LogP contribution >= 0.6 is 0 Å². The summed E-state index contributed by atoms with van der Waals surface area (Å²) in [5.74, 6) is 0. The van der Waals surface area contributed by atoms with Crippen molar-refractivity contribution in [3.8, 4) is 22.3 Å². The summed E-state index contributed by atoms with van der Waals surface area (Å²) in [6, 6.07) is 31.3. The van der Waals surface area contributed by atoms with Gasteiger partial charge < -0.3 is 11.5 Å². The summed E-state index contributed by atoms with van der Waals surface area (Å²) >= 11 is 0. The molecule has 5 aromatic rings. The molecule has 0 bridgehead atoms. The first-order valence-corrected chi connectivity index (χ1v) is 24.9. The number of nitrogens with two attached hydrogens (primary N) is 2. The van der Waals surface area contributed by atoms with Crippen LogP contribution in [0.1, 0.15) is 164 Å². The summed E-state index contributed by atoms with van der Waals surface area (Å²) < 4.78 is 0. The van der Waals surface area contributed by atoms with Crippen LogP contribution in [0.4, 0.5) is 11.4 Å². The van der Waals surface area contributed by atoms with E-state index in [0.29, 0.717) is 0 Å². The fourth-order valence-corrected chi connectivity index (χ4v) is 10.2. The lowest BCUT2D eigenvalue weighted by molar-refractivity contribution is 0.652. The second kappa shape index (κ2) is 22.6. The fourth-order valence-electron chi connectivity index (χ4n) is 10.2. The number of fused-ring (bicyclic) bond motifs is 6. The van der Waals surface area contributed by atoms with E-state index in [4.69, 9.17) is 11.5 Å². The predicted molar refractivity (Wildman–Crippen MR) is 294 cm³/mol. The molecule has 5 aromatic carbocycles. The van der Waals surface area contributed by atoms with Crippen LogP contribution in [0.5, 0.6) is 0 Å². The second-order valence-corrected chi connectivity index (χ2v) is 18.9. The summed E-state index contributed by atoms with van der Waals surface area (Å²) in [5.41, 5.74) is 38.2. The topological polar surface area (TPSA) is 52.0 Å². The predicted octanol–water partition coefficient (Wildman–Crippen LogP) is 17.7. The van der Waals surface area contributed by atoms with Gasteiger partial charge in [0.1, 0.15) is 0 Å². The van der Waals surface area contributed by atoms with E-state index in [2.05, 4.69) is 193 Å². The Bertz CT molecular complexity index is 2670. The first-order valence-electron chi connectivity index (χ1n) is 24.9. The van der Waals surface area contributed by atoms with Gasteiger partial charge in [-0.25, -0.2) is 0 Å². The number of hydrogen-bond donors (Lipinski definition) is 2. The lowest BCUT2D eigenvalue weighted by Gasteiger charge is -2.24. The highest BCUT2D eigenvalue weighted by Gasteiger charge is 2.41. The molecule has 0 atom stereocenters. The van der Waals surface area contributed by atoms with E-state index in [1.165, 1.54) is 100 Å². The van der Waals surface area contributed by atoms with Gasteiger partial charge in [0.25, 0.3) is 0 Å². The molecule has 0 saturated heterocycles. The monoisotopic (exact) mass is 877 g/mol. The van der Waals surface area contributed by atoms with E-state index in [1.54, 1.807) is 0 Å². The average molecular weight is 877 g/mol. The van der Waals surface area contributed by atoms with Gasteiger partial charge in [0.15, 0.2) is 0 Å². The Morgan fingerprint density at radius 1 is 0.470 bits per heavy atom. The molecule has 2 aliphatic carbocycles. The molecule has 0 spiro atoms. The van der Waals surface area contributed by atoms with Crippen molar-refractivity contribution in [1.82, 2.24) is 0 Å². The van der Waals surface area contributed by atoms with Gasteiger partial charge in [0.05, 0.1) is 0 Å². The molecule has 0 aromatic heterocycles. The molecule has 2 aliphatic rings. The molecule has 0 fully saturated rings. The number of allylic oxidation sites excluding steroid dienone is 8. The Hall–Kier alpha value is -5.86. The molecule has 2 nitrogen and oxygen atoms in total. The summed E-state index contributed by atoms with van der Waals surface area (Å²) in [6.07, 6.45) is 21.4. The highest BCUT2D eigenvalue weighted by atomic mass is 14.6. The first-order chi connectivity index (χ1) is 31.6. The van der Waals surface area contributed by atoms with Crippen molar-refractivity contribution in [3.63, 3.8) is 0 Å². The van der Waals surface area contributed by atoms with Crippen molar-refractivity contribution in [2.75, 3.05) is 11.5 Å². The van der Waals surface area contributed by atoms with E-state index in [1.807, 2.05) is 24.3 Å². The van der Waals surface area contributed by atoms with Gasteiger partial charge in [0, 0.05) is 22.2 Å². The Labute approximate surface area is 401 Å². The Kier molecular flexibility index (Phi) is 17.5. The van der Waals surface area contributed by atoms with Crippen molar-refractivity contribution in [2.24, 2.45) is 0 Å². The van der Waals surface area contributed by atoms with Crippen LogP contribution in [-0.2, 0) is 36.5 Å². The van der Waals surface area contributed by atoms with Crippen LogP contribution in [0.15, 0.2) is 145 Å². The lowest BCUT2D eigenvalue weighted by Crippen LogP contribution is -2.17. The SMILES string of the molecule is C=C/C(CC)=C(\C=C/c1ccc(CC)c(CC)c1)CC.C=C/C=C(CC)\C(=C/c1ccc2c(c1)C(C)(C)c1cc3c(cc1-2)C(C)(C)c1cc(N)ccc1-3)CC.CCc1ccc(N)cc1CC. The van der Waals surface area contributed by atoms with Gasteiger partial charge in [-0.15, -0.1) is 0 Å². The number of hydrogen-bond acceptors (Lipinski definition) is 2. The molecule has 7 rings (SSSR count). The van der Waals surface area contributed by atoms with Crippen molar-refractivity contribution in [3.05, 3.63) is 200 Å². The highest BCUT2D eigenvalue weighted by Crippen LogP contribution is 2.56. The summed E-state index contributed by atoms with van der Waals surface area (Å²) in [6.45, 7) is 34.8. The van der Waals surface area contributed by atoms with Crippen LogP contribution < -0.4 is 11.5 Å². The quantitative estimate of drug-likeness (QED) is 0.0862. The maximum atomic E-state index is 6.18. The molecule has 0 unspecified atom stereocenters. The normalized spacial score (nSPS) is 14.5. The van der Waals surface area contributed by atoms with E-state index in [0.717, 1.165) is 62.7 Å². The summed E-state index contributed by atoms with van der Waals surface area (Å²) in [7, 11) is 0. The number of nitrogen functional groups attached to an aromatic ring is 2. The van der Waals surface area contributed by atoms with Crippen molar-refractivity contribution in [1.29, 1.82) is 0 Å².